The van der Waals surface area contributed by atoms with E-state index in [1.807, 2.05) is 0 Å². The van der Waals surface area contributed by atoms with Gasteiger partial charge in [0.2, 0.25) is 5.78 Å². The molecule has 3 rings (SSSR count). The van der Waals surface area contributed by atoms with Crippen LogP contribution in [0.3, 0.4) is 0 Å². The van der Waals surface area contributed by atoms with E-state index in [0.29, 0.717) is 12.8 Å². The van der Waals surface area contributed by atoms with Crippen molar-refractivity contribution < 1.29 is 39.2 Å². The van der Waals surface area contributed by atoms with Crippen LogP contribution in [0.4, 0.5) is 4.39 Å². The molecule has 7 nitrogen and oxygen atoms in total. The van der Waals surface area contributed by atoms with Crippen molar-refractivity contribution in [3.8, 4) is 23.0 Å². The van der Waals surface area contributed by atoms with E-state index < -0.39 is 63.7 Å². The summed E-state index contributed by atoms with van der Waals surface area (Å²) >= 11 is 0. The summed E-state index contributed by atoms with van der Waals surface area (Å²) < 4.78 is 12.1. The lowest BCUT2D eigenvalue weighted by Crippen LogP contribution is -2.22. The summed E-state index contributed by atoms with van der Waals surface area (Å²) in [6.45, 7) is -0.515. The second kappa shape index (κ2) is 7.30. The molecule has 4 N–H and O–H groups in total. The number of Topliss-reactive ketones (excluding diaryl/α,β-unsaturated/α-hetero) is 1. The second-order valence-corrected chi connectivity index (χ2v) is 6.51. The number of unbranched alkanes of at least 4 members (excludes halogenated alkanes) is 2. The lowest BCUT2D eigenvalue weighted by Gasteiger charge is -2.21. The summed E-state index contributed by atoms with van der Waals surface area (Å²) in [7, 11) is 0. The molecule has 0 spiro atoms. The Hall–Kier alpha value is -3.42. The Bertz CT molecular complexity index is 1010. The first kappa shape index (κ1) is 19.3. The van der Waals surface area contributed by atoms with Gasteiger partial charge >= 0.3 is 0 Å². The lowest BCUT2D eigenvalue weighted by molar-refractivity contribution is 0.0962. The Balaban J connectivity index is 2.09. The fraction of sp³-hybridized carbons (Fsp3) is 0.250. The first-order valence-corrected chi connectivity index (χ1v) is 8.61. The summed E-state index contributed by atoms with van der Waals surface area (Å²) in [4.78, 5) is 37.9. The van der Waals surface area contributed by atoms with Gasteiger partial charge in [-0.25, -0.2) is 0 Å². The minimum Gasteiger partial charge on any atom is -0.508 e. The number of alkyl halides is 1. The van der Waals surface area contributed by atoms with E-state index in [-0.39, 0.29) is 24.0 Å². The Morgan fingerprint density at radius 3 is 2.18 bits per heavy atom. The minimum absolute atomic E-state index is 0.0856. The van der Waals surface area contributed by atoms with Crippen LogP contribution in [-0.4, -0.2) is 44.5 Å². The Labute approximate surface area is 158 Å². The first-order valence-electron chi connectivity index (χ1n) is 8.61. The molecule has 0 fully saturated rings. The highest BCUT2D eigenvalue weighted by Gasteiger charge is 2.37. The quantitative estimate of drug-likeness (QED) is 0.377. The second-order valence-electron chi connectivity index (χ2n) is 6.51. The summed E-state index contributed by atoms with van der Waals surface area (Å²) in [6, 6.07) is 2.79. The average molecular weight is 388 g/mol. The molecule has 0 bridgehead atoms. The van der Waals surface area contributed by atoms with E-state index in [9.17, 15) is 39.2 Å². The van der Waals surface area contributed by atoms with Crippen molar-refractivity contribution in [2.45, 2.75) is 25.7 Å². The number of fused-ring (bicyclic) bond motifs is 2. The predicted molar refractivity (Wildman–Crippen MR) is 95.2 cm³/mol. The van der Waals surface area contributed by atoms with E-state index >= 15 is 0 Å². The maximum Gasteiger partial charge on any atom is 0.202 e. The monoisotopic (exact) mass is 388 g/mol. The zero-order chi connectivity index (χ0) is 20.6. The number of hydrogen-bond acceptors (Lipinski definition) is 7. The van der Waals surface area contributed by atoms with Crippen molar-refractivity contribution >= 4 is 17.3 Å². The topological polar surface area (TPSA) is 132 Å². The number of phenols is 4. The van der Waals surface area contributed by atoms with E-state index in [1.54, 1.807) is 0 Å². The normalized spacial score (nSPS) is 12.6. The number of halogens is 1. The summed E-state index contributed by atoms with van der Waals surface area (Å²) in [5.41, 5.74) is -2.02. The molecular weight excluding hydrogens is 371 g/mol. The minimum atomic E-state index is -0.911. The van der Waals surface area contributed by atoms with Crippen LogP contribution in [0.25, 0.3) is 0 Å². The number of carbonyl (C=O) groups excluding carboxylic acids is 3. The molecular formula is C20H17FO7. The third-order valence-corrected chi connectivity index (χ3v) is 4.64. The molecule has 2 aromatic rings. The van der Waals surface area contributed by atoms with Gasteiger partial charge in [-0.2, -0.15) is 0 Å². The van der Waals surface area contributed by atoms with Gasteiger partial charge in [-0.05, 0) is 25.0 Å². The summed E-state index contributed by atoms with van der Waals surface area (Å²) in [5.74, 6) is -4.96. The lowest BCUT2D eigenvalue weighted by atomic mass is 9.81. The zero-order valence-electron chi connectivity index (χ0n) is 14.7. The maximum atomic E-state index is 12.8. The molecule has 0 radical (unpaired) electrons. The largest absolute Gasteiger partial charge is 0.508 e. The van der Waals surface area contributed by atoms with Crippen LogP contribution in [0.5, 0.6) is 23.0 Å². The van der Waals surface area contributed by atoms with Gasteiger partial charge in [-0.1, -0.05) is 6.42 Å². The number of aromatic hydroxyl groups is 4. The van der Waals surface area contributed by atoms with Gasteiger partial charge < -0.3 is 20.4 Å². The smallest absolute Gasteiger partial charge is 0.202 e. The van der Waals surface area contributed by atoms with E-state index in [1.165, 1.54) is 0 Å². The maximum absolute atomic E-state index is 12.8. The number of phenolic OH excluding ortho intramolecular Hbond substituents is 4. The molecule has 0 aliphatic heterocycles. The van der Waals surface area contributed by atoms with E-state index in [4.69, 9.17) is 0 Å². The third kappa shape index (κ3) is 3.06. The molecule has 0 unspecified atom stereocenters. The number of ketones is 3. The molecule has 0 amide bonds. The molecule has 1 aliphatic carbocycles. The van der Waals surface area contributed by atoms with Crippen LogP contribution in [0, 0.1) is 0 Å². The highest BCUT2D eigenvalue weighted by Crippen LogP contribution is 2.43. The highest BCUT2D eigenvalue weighted by atomic mass is 19.1. The number of carbonyl (C=O) groups is 3. The van der Waals surface area contributed by atoms with Gasteiger partial charge in [-0.15, -0.1) is 0 Å². The van der Waals surface area contributed by atoms with Crippen LogP contribution >= 0.6 is 0 Å². The van der Waals surface area contributed by atoms with E-state index in [0.717, 1.165) is 18.2 Å². The van der Waals surface area contributed by atoms with Crippen molar-refractivity contribution in [3.05, 3.63) is 46.0 Å². The van der Waals surface area contributed by atoms with Crippen LogP contribution < -0.4 is 0 Å². The Morgan fingerprint density at radius 2 is 1.50 bits per heavy atom. The first-order chi connectivity index (χ1) is 13.3. The molecule has 0 atom stereocenters. The fourth-order valence-electron chi connectivity index (χ4n) is 3.32. The molecule has 146 valence electrons. The summed E-state index contributed by atoms with van der Waals surface area (Å²) in [6.07, 6.45) is 0.967. The molecule has 0 aromatic heterocycles. The zero-order valence-corrected chi connectivity index (χ0v) is 14.7. The van der Waals surface area contributed by atoms with Gasteiger partial charge in [-0.3, -0.25) is 18.8 Å². The van der Waals surface area contributed by atoms with Crippen molar-refractivity contribution in [1.82, 2.24) is 0 Å². The van der Waals surface area contributed by atoms with E-state index in [2.05, 4.69) is 0 Å². The van der Waals surface area contributed by atoms with Crippen LogP contribution in [-0.2, 0) is 0 Å². The molecule has 0 saturated heterocycles. The van der Waals surface area contributed by atoms with Gasteiger partial charge in [0.25, 0.3) is 0 Å². The number of hydrogen-bond donors (Lipinski definition) is 4. The Morgan fingerprint density at radius 1 is 0.821 bits per heavy atom. The predicted octanol–water partition coefficient (Wildman–Crippen LogP) is 3.00. The number of benzene rings is 2. The van der Waals surface area contributed by atoms with Gasteiger partial charge in [0.15, 0.2) is 11.6 Å². The van der Waals surface area contributed by atoms with Gasteiger partial charge in [0.05, 0.1) is 17.8 Å². The third-order valence-electron chi connectivity index (χ3n) is 4.64. The molecule has 0 heterocycles. The van der Waals surface area contributed by atoms with Gasteiger partial charge in [0, 0.05) is 23.6 Å². The van der Waals surface area contributed by atoms with Crippen LogP contribution in [0.1, 0.15) is 67.9 Å². The molecule has 0 saturated carbocycles. The van der Waals surface area contributed by atoms with Crippen LogP contribution in [0.2, 0.25) is 0 Å². The standard InChI is InChI=1S/C20H17FO7/c21-5-3-1-2-4-12(23)17-14(25)8-11-16(20(17)28)19(27)15-10(18(11)26)6-9(22)7-13(15)24/h6-8,22,24-25,28H,1-5H2. The van der Waals surface area contributed by atoms with Crippen molar-refractivity contribution in [2.24, 2.45) is 0 Å². The van der Waals surface area contributed by atoms with Crippen molar-refractivity contribution in [3.63, 3.8) is 0 Å². The fourth-order valence-corrected chi connectivity index (χ4v) is 3.32. The van der Waals surface area contributed by atoms with Gasteiger partial charge in [0.1, 0.15) is 28.6 Å². The van der Waals surface area contributed by atoms with Crippen LogP contribution in [0.15, 0.2) is 18.2 Å². The average Bonchev–Trinajstić information content (AvgIpc) is 2.62. The molecule has 8 heteroatoms. The summed E-state index contributed by atoms with van der Waals surface area (Å²) in [5, 5.41) is 40.2. The SMILES string of the molecule is O=C1c2cc(O)cc(O)c2C(=O)c2c1cc(O)c(C(=O)CCCCCF)c2O. The Kier molecular flexibility index (Phi) is 5.04. The number of rotatable bonds is 6. The van der Waals surface area contributed by atoms with Crippen molar-refractivity contribution in [2.75, 3.05) is 6.67 Å². The molecule has 2 aromatic carbocycles. The van der Waals surface area contributed by atoms with Crippen molar-refractivity contribution in [1.29, 1.82) is 0 Å². The molecule has 1 aliphatic rings. The highest BCUT2D eigenvalue weighted by molar-refractivity contribution is 6.31. The molecule has 28 heavy (non-hydrogen) atoms.